The average molecular weight is 235 g/mol. The molecule has 0 heterocycles. The van der Waals surface area contributed by atoms with Crippen LogP contribution in [0.5, 0.6) is 0 Å². The first kappa shape index (κ1) is 10.6. The summed E-state index contributed by atoms with van der Waals surface area (Å²) in [6.07, 6.45) is 0. The summed E-state index contributed by atoms with van der Waals surface area (Å²) in [7, 11) is 0. The van der Waals surface area contributed by atoms with Gasteiger partial charge in [0.15, 0.2) is 0 Å². The van der Waals surface area contributed by atoms with Gasteiger partial charge in [-0.15, -0.1) is 12.6 Å². The van der Waals surface area contributed by atoms with E-state index in [2.05, 4.69) is 31.7 Å². The van der Waals surface area contributed by atoms with Crippen LogP contribution >= 0.6 is 24.2 Å². The highest BCUT2D eigenvalue weighted by Gasteiger charge is 2.07. The van der Waals surface area contributed by atoms with Crippen LogP contribution in [0.15, 0.2) is 47.4 Å². The van der Waals surface area contributed by atoms with E-state index < -0.39 is 0 Å². The quantitative estimate of drug-likeness (QED) is 0.685. The monoisotopic (exact) mass is 234 g/mol. The molecule has 0 saturated heterocycles. The fourth-order valence-electron chi connectivity index (χ4n) is 1.60. The first-order valence-electron chi connectivity index (χ1n) is 4.73. The smallest absolute Gasteiger partial charge is 0.0617 e. The predicted octanol–water partition coefficient (Wildman–Crippen LogP) is 4.60. The zero-order valence-electron chi connectivity index (χ0n) is 8.37. The summed E-state index contributed by atoms with van der Waals surface area (Å²) >= 11 is 10.5. The Morgan fingerprint density at radius 1 is 0.933 bits per heavy atom. The molecular formula is C13H11ClS. The first-order chi connectivity index (χ1) is 7.20. The van der Waals surface area contributed by atoms with Gasteiger partial charge in [0.1, 0.15) is 0 Å². The molecule has 0 radical (unpaired) electrons. The van der Waals surface area contributed by atoms with Gasteiger partial charge < -0.3 is 0 Å². The summed E-state index contributed by atoms with van der Waals surface area (Å²) in [6.45, 7) is 2.08. The minimum atomic E-state index is 0.718. The average Bonchev–Trinajstić information content (AvgIpc) is 2.23. The van der Waals surface area contributed by atoms with Crippen molar-refractivity contribution in [2.45, 2.75) is 11.8 Å². The van der Waals surface area contributed by atoms with Crippen LogP contribution in [0.2, 0.25) is 5.02 Å². The summed E-state index contributed by atoms with van der Waals surface area (Å²) in [5.74, 6) is 0. The SMILES string of the molecule is Cc1ccccc1-c1cccc(S)c1Cl. The van der Waals surface area contributed by atoms with E-state index in [0.29, 0.717) is 0 Å². The van der Waals surface area contributed by atoms with Crippen LogP contribution in [-0.2, 0) is 0 Å². The molecule has 76 valence electrons. The first-order valence-corrected chi connectivity index (χ1v) is 5.56. The number of halogens is 1. The summed E-state index contributed by atoms with van der Waals surface area (Å²) in [4.78, 5) is 0.817. The second kappa shape index (κ2) is 4.30. The lowest BCUT2D eigenvalue weighted by Crippen LogP contribution is -1.84. The van der Waals surface area contributed by atoms with Crippen LogP contribution in [0.4, 0.5) is 0 Å². The molecule has 2 heteroatoms. The largest absolute Gasteiger partial charge is 0.142 e. The summed E-state index contributed by atoms with van der Waals surface area (Å²) < 4.78 is 0. The second-order valence-electron chi connectivity index (χ2n) is 3.45. The van der Waals surface area contributed by atoms with Gasteiger partial charge in [0.25, 0.3) is 0 Å². The summed E-state index contributed by atoms with van der Waals surface area (Å²) in [5.41, 5.74) is 3.43. The van der Waals surface area contributed by atoms with Gasteiger partial charge in [0, 0.05) is 10.5 Å². The normalized spacial score (nSPS) is 10.3. The number of aryl methyl sites for hydroxylation is 1. The molecule has 2 aromatic carbocycles. The van der Waals surface area contributed by atoms with Gasteiger partial charge in [-0.2, -0.15) is 0 Å². The van der Waals surface area contributed by atoms with Gasteiger partial charge in [-0.25, -0.2) is 0 Å². The van der Waals surface area contributed by atoms with Crippen molar-refractivity contribution in [2.75, 3.05) is 0 Å². The van der Waals surface area contributed by atoms with Gasteiger partial charge in [0.05, 0.1) is 5.02 Å². The van der Waals surface area contributed by atoms with Crippen molar-refractivity contribution in [2.24, 2.45) is 0 Å². The summed E-state index contributed by atoms with van der Waals surface area (Å²) in [5, 5.41) is 0.718. The molecule has 0 amide bonds. The van der Waals surface area contributed by atoms with E-state index in [1.807, 2.05) is 30.3 Å². The third-order valence-electron chi connectivity index (χ3n) is 2.41. The van der Waals surface area contributed by atoms with E-state index >= 15 is 0 Å². The van der Waals surface area contributed by atoms with E-state index in [0.717, 1.165) is 15.5 Å². The molecule has 0 bridgehead atoms. The Labute approximate surface area is 100 Å². The van der Waals surface area contributed by atoms with Crippen LogP contribution in [-0.4, -0.2) is 0 Å². The Balaban J connectivity index is 2.65. The number of hydrogen-bond donors (Lipinski definition) is 1. The molecule has 0 spiro atoms. The fraction of sp³-hybridized carbons (Fsp3) is 0.0769. The van der Waals surface area contributed by atoms with E-state index in [9.17, 15) is 0 Å². The molecule has 0 unspecified atom stereocenters. The zero-order valence-corrected chi connectivity index (χ0v) is 10.0. The van der Waals surface area contributed by atoms with Crippen LogP contribution in [0.3, 0.4) is 0 Å². The van der Waals surface area contributed by atoms with E-state index in [-0.39, 0.29) is 0 Å². The van der Waals surface area contributed by atoms with Crippen LogP contribution in [0.25, 0.3) is 11.1 Å². The van der Waals surface area contributed by atoms with Crippen LogP contribution in [0.1, 0.15) is 5.56 Å². The van der Waals surface area contributed by atoms with Crippen molar-refractivity contribution in [3.8, 4) is 11.1 Å². The van der Waals surface area contributed by atoms with E-state index in [1.54, 1.807) is 0 Å². The molecule has 2 rings (SSSR count). The molecule has 15 heavy (non-hydrogen) atoms. The van der Waals surface area contributed by atoms with E-state index in [4.69, 9.17) is 11.6 Å². The molecule has 0 aliphatic carbocycles. The third kappa shape index (κ3) is 2.04. The maximum Gasteiger partial charge on any atom is 0.0617 e. The predicted molar refractivity (Wildman–Crippen MR) is 68.9 cm³/mol. The van der Waals surface area contributed by atoms with Gasteiger partial charge >= 0.3 is 0 Å². The lowest BCUT2D eigenvalue weighted by atomic mass is 10.0. The van der Waals surface area contributed by atoms with Crippen LogP contribution < -0.4 is 0 Å². The van der Waals surface area contributed by atoms with Gasteiger partial charge in [0.2, 0.25) is 0 Å². The molecule has 0 nitrogen and oxygen atoms in total. The highest BCUT2D eigenvalue weighted by atomic mass is 35.5. The number of thiol groups is 1. The molecule has 0 atom stereocenters. The van der Waals surface area contributed by atoms with Crippen molar-refractivity contribution in [1.82, 2.24) is 0 Å². The maximum atomic E-state index is 6.22. The van der Waals surface area contributed by atoms with Crippen molar-refractivity contribution in [3.63, 3.8) is 0 Å². The number of hydrogen-bond acceptors (Lipinski definition) is 1. The lowest BCUT2D eigenvalue weighted by molar-refractivity contribution is 1.42. The van der Waals surface area contributed by atoms with Crippen molar-refractivity contribution >= 4 is 24.2 Å². The molecule has 0 aromatic heterocycles. The Morgan fingerprint density at radius 2 is 1.60 bits per heavy atom. The molecule has 0 aliphatic heterocycles. The Hall–Kier alpha value is -0.920. The fourth-order valence-corrected chi connectivity index (χ4v) is 2.04. The Bertz CT molecular complexity index is 492. The number of benzene rings is 2. The second-order valence-corrected chi connectivity index (χ2v) is 4.31. The van der Waals surface area contributed by atoms with Crippen molar-refractivity contribution < 1.29 is 0 Å². The third-order valence-corrected chi connectivity index (χ3v) is 3.33. The van der Waals surface area contributed by atoms with Crippen LogP contribution in [0, 0.1) is 6.92 Å². The van der Waals surface area contributed by atoms with Crippen molar-refractivity contribution in [3.05, 3.63) is 53.1 Å². The zero-order chi connectivity index (χ0) is 10.8. The number of rotatable bonds is 1. The van der Waals surface area contributed by atoms with E-state index in [1.165, 1.54) is 11.1 Å². The highest BCUT2D eigenvalue weighted by Crippen LogP contribution is 2.33. The van der Waals surface area contributed by atoms with Gasteiger partial charge in [-0.3, -0.25) is 0 Å². The summed E-state index contributed by atoms with van der Waals surface area (Å²) in [6, 6.07) is 14.1. The van der Waals surface area contributed by atoms with Gasteiger partial charge in [-0.05, 0) is 24.1 Å². The molecular weight excluding hydrogens is 224 g/mol. The Kier molecular flexibility index (Phi) is 3.03. The molecule has 0 fully saturated rings. The lowest BCUT2D eigenvalue weighted by Gasteiger charge is -2.08. The van der Waals surface area contributed by atoms with Gasteiger partial charge in [-0.1, -0.05) is 48.0 Å². The topological polar surface area (TPSA) is 0 Å². The van der Waals surface area contributed by atoms with Crippen molar-refractivity contribution in [1.29, 1.82) is 0 Å². The molecule has 0 N–H and O–H groups in total. The highest BCUT2D eigenvalue weighted by molar-refractivity contribution is 7.80. The minimum absolute atomic E-state index is 0.718. The standard InChI is InChI=1S/C13H11ClS/c1-9-5-2-3-6-10(9)11-7-4-8-12(15)13(11)14/h2-8,15H,1H3. The Morgan fingerprint density at radius 3 is 2.33 bits per heavy atom. The molecule has 0 aliphatic rings. The molecule has 0 saturated carbocycles. The maximum absolute atomic E-state index is 6.22. The minimum Gasteiger partial charge on any atom is -0.142 e. The molecule has 2 aromatic rings.